The summed E-state index contributed by atoms with van der Waals surface area (Å²) in [5.41, 5.74) is 5.71. The van der Waals surface area contributed by atoms with Crippen LogP contribution in [0.3, 0.4) is 0 Å². The van der Waals surface area contributed by atoms with E-state index in [0.717, 1.165) is 23.4 Å². The Balaban J connectivity index is 2.12. The molecule has 2 rings (SSSR count). The number of rotatable bonds is 5. The second-order valence-electron chi connectivity index (χ2n) is 4.19. The average Bonchev–Trinajstić information content (AvgIpc) is 2.49. The van der Waals surface area contributed by atoms with E-state index in [0.29, 0.717) is 0 Å². The molecule has 0 aliphatic heterocycles. The zero-order valence-corrected chi connectivity index (χ0v) is 11.1. The number of hydrogen-bond donors (Lipinski definition) is 1. The standard InChI is InChI=1S/C15H15N3O2/c1-2-15(12-6-4-3-5-7-12)17-16-13-8-10-14(11-9-13)18(19)20/h3-11,16H,2H2,1H3. The van der Waals surface area contributed by atoms with Gasteiger partial charge in [0.15, 0.2) is 0 Å². The van der Waals surface area contributed by atoms with Crippen LogP contribution in [0.5, 0.6) is 0 Å². The molecular formula is C15H15N3O2. The van der Waals surface area contributed by atoms with Crippen LogP contribution in [0.4, 0.5) is 11.4 Å². The van der Waals surface area contributed by atoms with Crippen LogP contribution >= 0.6 is 0 Å². The first kappa shape index (κ1) is 13.7. The fraction of sp³-hybridized carbons (Fsp3) is 0.133. The Labute approximate surface area is 117 Å². The zero-order chi connectivity index (χ0) is 14.4. The van der Waals surface area contributed by atoms with E-state index in [1.54, 1.807) is 12.1 Å². The van der Waals surface area contributed by atoms with Gasteiger partial charge >= 0.3 is 0 Å². The fourth-order valence-corrected chi connectivity index (χ4v) is 1.77. The molecule has 1 N–H and O–H groups in total. The van der Waals surface area contributed by atoms with Crippen molar-refractivity contribution in [3.63, 3.8) is 0 Å². The van der Waals surface area contributed by atoms with Gasteiger partial charge in [0.05, 0.1) is 16.3 Å². The number of nitrogens with zero attached hydrogens (tertiary/aromatic N) is 2. The van der Waals surface area contributed by atoms with Gasteiger partial charge in [-0.3, -0.25) is 15.5 Å². The van der Waals surface area contributed by atoms with E-state index in [2.05, 4.69) is 10.5 Å². The maximum atomic E-state index is 10.6. The summed E-state index contributed by atoms with van der Waals surface area (Å²) < 4.78 is 0. The van der Waals surface area contributed by atoms with Crippen LogP contribution in [0.15, 0.2) is 59.7 Å². The molecule has 102 valence electrons. The number of nitro benzene ring substituents is 1. The lowest BCUT2D eigenvalue weighted by atomic mass is 10.1. The van der Waals surface area contributed by atoms with Crippen molar-refractivity contribution in [3.05, 3.63) is 70.3 Å². The molecule has 5 nitrogen and oxygen atoms in total. The summed E-state index contributed by atoms with van der Waals surface area (Å²) in [6, 6.07) is 16.1. The largest absolute Gasteiger partial charge is 0.278 e. The number of benzene rings is 2. The molecule has 5 heteroatoms. The van der Waals surface area contributed by atoms with E-state index in [1.807, 2.05) is 37.3 Å². The number of hydrazone groups is 1. The highest BCUT2D eigenvalue weighted by Crippen LogP contribution is 2.15. The Kier molecular flexibility index (Phi) is 4.44. The Morgan fingerprint density at radius 2 is 1.80 bits per heavy atom. The molecule has 0 bridgehead atoms. The SMILES string of the molecule is CCC(=NNc1ccc([N+](=O)[O-])cc1)c1ccccc1. The molecular weight excluding hydrogens is 254 g/mol. The van der Waals surface area contributed by atoms with E-state index in [4.69, 9.17) is 0 Å². The van der Waals surface area contributed by atoms with Crippen molar-refractivity contribution < 1.29 is 4.92 Å². The Morgan fingerprint density at radius 3 is 2.35 bits per heavy atom. The maximum Gasteiger partial charge on any atom is 0.269 e. The van der Waals surface area contributed by atoms with Crippen molar-refractivity contribution >= 4 is 17.1 Å². The lowest BCUT2D eigenvalue weighted by Crippen LogP contribution is -2.02. The number of non-ortho nitro benzene ring substituents is 1. The third kappa shape index (κ3) is 3.41. The highest BCUT2D eigenvalue weighted by Gasteiger charge is 2.04. The van der Waals surface area contributed by atoms with E-state index >= 15 is 0 Å². The first-order valence-corrected chi connectivity index (χ1v) is 6.33. The van der Waals surface area contributed by atoms with Crippen LogP contribution in [0.2, 0.25) is 0 Å². The fourth-order valence-electron chi connectivity index (χ4n) is 1.77. The highest BCUT2D eigenvalue weighted by molar-refractivity contribution is 6.00. The Morgan fingerprint density at radius 1 is 1.15 bits per heavy atom. The molecule has 0 aliphatic rings. The van der Waals surface area contributed by atoms with Gasteiger partial charge < -0.3 is 0 Å². The van der Waals surface area contributed by atoms with Crippen LogP contribution in [0.1, 0.15) is 18.9 Å². The first-order valence-electron chi connectivity index (χ1n) is 6.33. The van der Waals surface area contributed by atoms with Crippen molar-refractivity contribution in [2.24, 2.45) is 5.10 Å². The minimum Gasteiger partial charge on any atom is -0.278 e. The predicted molar refractivity (Wildman–Crippen MR) is 80.0 cm³/mol. The van der Waals surface area contributed by atoms with Crippen LogP contribution in [0.25, 0.3) is 0 Å². The van der Waals surface area contributed by atoms with E-state index in [9.17, 15) is 10.1 Å². The molecule has 0 atom stereocenters. The van der Waals surface area contributed by atoms with Gasteiger partial charge in [-0.1, -0.05) is 37.3 Å². The second kappa shape index (κ2) is 6.47. The summed E-state index contributed by atoms with van der Waals surface area (Å²) in [5.74, 6) is 0. The quantitative estimate of drug-likeness (QED) is 0.509. The topological polar surface area (TPSA) is 67.5 Å². The molecule has 2 aromatic carbocycles. The van der Waals surface area contributed by atoms with Gasteiger partial charge in [0.2, 0.25) is 0 Å². The molecule has 0 amide bonds. The number of hydrogen-bond acceptors (Lipinski definition) is 4. The second-order valence-corrected chi connectivity index (χ2v) is 4.19. The van der Waals surface area contributed by atoms with Crippen LogP contribution in [0, 0.1) is 10.1 Å². The molecule has 0 saturated carbocycles. The van der Waals surface area contributed by atoms with Gasteiger partial charge in [0, 0.05) is 12.1 Å². The summed E-state index contributed by atoms with van der Waals surface area (Å²) in [4.78, 5) is 10.1. The minimum absolute atomic E-state index is 0.0679. The van der Waals surface area contributed by atoms with Gasteiger partial charge in [-0.15, -0.1) is 0 Å². The molecule has 0 saturated heterocycles. The smallest absolute Gasteiger partial charge is 0.269 e. The Bertz CT molecular complexity index is 607. The summed E-state index contributed by atoms with van der Waals surface area (Å²) >= 11 is 0. The van der Waals surface area contributed by atoms with Crippen LogP contribution < -0.4 is 5.43 Å². The van der Waals surface area contributed by atoms with Crippen molar-refractivity contribution in [1.82, 2.24) is 0 Å². The molecule has 0 aromatic heterocycles. The van der Waals surface area contributed by atoms with Gasteiger partial charge in [-0.05, 0) is 24.1 Å². The van der Waals surface area contributed by atoms with E-state index in [1.165, 1.54) is 12.1 Å². The Hall–Kier alpha value is -2.69. The van der Waals surface area contributed by atoms with E-state index < -0.39 is 4.92 Å². The molecule has 0 fully saturated rings. The normalized spacial score (nSPS) is 11.2. The summed E-state index contributed by atoms with van der Waals surface area (Å²) in [5, 5.41) is 14.9. The summed E-state index contributed by atoms with van der Waals surface area (Å²) in [6.07, 6.45) is 0.796. The number of nitro groups is 1. The molecule has 0 radical (unpaired) electrons. The molecule has 0 heterocycles. The number of anilines is 1. The first-order chi connectivity index (χ1) is 9.70. The average molecular weight is 269 g/mol. The van der Waals surface area contributed by atoms with Crippen molar-refractivity contribution in [2.75, 3.05) is 5.43 Å². The highest BCUT2D eigenvalue weighted by atomic mass is 16.6. The molecule has 20 heavy (non-hydrogen) atoms. The lowest BCUT2D eigenvalue weighted by Gasteiger charge is -2.05. The lowest BCUT2D eigenvalue weighted by molar-refractivity contribution is -0.384. The summed E-state index contributed by atoms with van der Waals surface area (Å²) in [6.45, 7) is 2.03. The monoisotopic (exact) mass is 269 g/mol. The van der Waals surface area contributed by atoms with E-state index in [-0.39, 0.29) is 5.69 Å². The molecule has 0 spiro atoms. The van der Waals surface area contributed by atoms with Crippen LogP contribution in [-0.4, -0.2) is 10.6 Å². The zero-order valence-electron chi connectivity index (χ0n) is 11.1. The number of nitrogens with one attached hydrogen (secondary N) is 1. The van der Waals surface area contributed by atoms with Gasteiger partial charge in [0.25, 0.3) is 5.69 Å². The predicted octanol–water partition coefficient (Wildman–Crippen LogP) is 3.82. The molecule has 0 unspecified atom stereocenters. The third-order valence-electron chi connectivity index (χ3n) is 2.84. The van der Waals surface area contributed by atoms with Gasteiger partial charge in [-0.2, -0.15) is 5.10 Å². The van der Waals surface area contributed by atoms with Crippen molar-refractivity contribution in [2.45, 2.75) is 13.3 Å². The minimum atomic E-state index is -0.422. The van der Waals surface area contributed by atoms with Gasteiger partial charge in [0.1, 0.15) is 0 Å². The summed E-state index contributed by atoms with van der Waals surface area (Å²) in [7, 11) is 0. The van der Waals surface area contributed by atoms with Crippen molar-refractivity contribution in [1.29, 1.82) is 0 Å². The van der Waals surface area contributed by atoms with Crippen molar-refractivity contribution in [3.8, 4) is 0 Å². The molecule has 0 aliphatic carbocycles. The van der Waals surface area contributed by atoms with Crippen LogP contribution in [-0.2, 0) is 0 Å². The maximum absolute atomic E-state index is 10.6. The van der Waals surface area contributed by atoms with Gasteiger partial charge in [-0.25, -0.2) is 0 Å². The third-order valence-corrected chi connectivity index (χ3v) is 2.84. The molecule has 2 aromatic rings.